The lowest BCUT2D eigenvalue weighted by molar-refractivity contribution is -0.143. The predicted molar refractivity (Wildman–Crippen MR) is 165 cm³/mol. The van der Waals surface area contributed by atoms with Gasteiger partial charge in [0.05, 0.1) is 23.5 Å². The molecule has 0 saturated carbocycles. The largest absolute Gasteiger partial charge is 0.481 e. The van der Waals surface area contributed by atoms with Crippen molar-refractivity contribution in [3.63, 3.8) is 0 Å². The van der Waals surface area contributed by atoms with Gasteiger partial charge in [-0.05, 0) is 80.1 Å². The molecule has 46 heavy (non-hydrogen) atoms. The van der Waals surface area contributed by atoms with Crippen molar-refractivity contribution in [2.45, 2.75) is 63.6 Å². The van der Waals surface area contributed by atoms with Gasteiger partial charge in [0.25, 0.3) is 11.5 Å². The first-order valence-corrected chi connectivity index (χ1v) is 14.4. The number of carboxylic acid groups (broad SMARTS) is 3. The maximum Gasteiger partial charge on any atom is 0.326 e. The van der Waals surface area contributed by atoms with Crippen molar-refractivity contribution in [3.8, 4) is 12.3 Å². The van der Waals surface area contributed by atoms with Crippen LogP contribution >= 0.6 is 0 Å². The second-order valence-corrected chi connectivity index (χ2v) is 10.9. The molecule has 14 nitrogen and oxygen atoms in total. The number of aromatic amines is 1. The zero-order valence-electron chi connectivity index (χ0n) is 25.9. The number of aromatic nitrogens is 2. The van der Waals surface area contributed by atoms with Crippen LogP contribution in [0.1, 0.15) is 65.5 Å². The van der Waals surface area contributed by atoms with E-state index in [1.807, 2.05) is 17.0 Å². The quantitative estimate of drug-likeness (QED) is 0.141. The van der Waals surface area contributed by atoms with Crippen molar-refractivity contribution in [3.05, 3.63) is 69.3 Å². The molecule has 1 aliphatic carbocycles. The Bertz CT molecular complexity index is 1820. The number of aliphatic carboxylic acids is 3. The highest BCUT2D eigenvalue weighted by Crippen LogP contribution is 2.39. The second-order valence-electron chi connectivity index (χ2n) is 10.9. The number of H-pyrrole nitrogens is 1. The lowest BCUT2D eigenvalue weighted by Gasteiger charge is -2.30. The molecule has 4 rings (SSSR count). The summed E-state index contributed by atoms with van der Waals surface area (Å²) >= 11 is 0. The van der Waals surface area contributed by atoms with Crippen LogP contribution in [0.3, 0.4) is 0 Å². The maximum absolute atomic E-state index is 13.1. The highest BCUT2D eigenvalue weighted by Gasteiger charge is 2.30. The molecular weight excluding hydrogens is 598 g/mol. The monoisotopic (exact) mass is 632 g/mol. The lowest BCUT2D eigenvalue weighted by Crippen LogP contribution is -2.44. The first kappa shape index (κ1) is 31.7. The summed E-state index contributed by atoms with van der Waals surface area (Å²) in [6.45, 7) is 1.93. The summed E-state index contributed by atoms with van der Waals surface area (Å²) in [6, 6.07) is 6.46. The Balaban J connectivity index is 1.47. The fraction of sp³-hybridized carbons (Fsp3) is 0.344. The zero-order chi connectivity index (χ0) is 34.4. The van der Waals surface area contributed by atoms with E-state index >= 15 is 0 Å². The summed E-state index contributed by atoms with van der Waals surface area (Å²) in [6.07, 6.45) is 5.25. The fourth-order valence-corrected chi connectivity index (χ4v) is 5.46. The first-order valence-electron chi connectivity index (χ1n) is 14.9. The van der Waals surface area contributed by atoms with Crippen molar-refractivity contribution in [2.24, 2.45) is 0 Å². The number of benzene rings is 2. The summed E-state index contributed by atoms with van der Waals surface area (Å²) in [5, 5.41) is 30.5. The number of amides is 2. The number of anilines is 1. The molecule has 0 saturated heterocycles. The Morgan fingerprint density at radius 3 is 2.39 bits per heavy atom. The van der Waals surface area contributed by atoms with Gasteiger partial charge in [-0.25, -0.2) is 14.6 Å². The molecule has 0 radical (unpaired) electrons. The molecule has 240 valence electrons. The predicted octanol–water partition coefficient (Wildman–Crippen LogP) is 1.76. The topological polar surface area (TPSA) is 219 Å². The number of terminal acetylenes is 1. The first-order chi connectivity index (χ1) is 22.3. The highest BCUT2D eigenvalue weighted by atomic mass is 16.4. The minimum atomic E-state index is -1.74. The SMILES string of the molecule is [2H]N(C(=O)c1ccc(N(CC#C)C2CCc3cc4nc(C)[nH]c(=O)c4cc32)cc1)[C@@H](CCC(=O)N[C@@H](CCC(=O)O)C(=O)O)C(=O)O. The standard InChI is InChI=1S/C32H33N5O9/c1-3-14-37(26-11-6-19-15-25-22(16-21(19)26)30(42)34-17(2)33-25)20-7-4-18(5-8-20)29(41)36-24(32(45)46)9-12-27(38)35-23(31(43)44)10-13-28(39)40/h1,4-5,7-8,15-16,23-24,26H,6,9-14H2,2H3,(H,35,38)(H,36,41)(H,39,40)(H,43,44)(H,45,46)(H,33,34,42)/t23-,24-,26?/m0/s1/i/hD. The summed E-state index contributed by atoms with van der Waals surface area (Å²) in [5.74, 6) is -2.90. The van der Waals surface area contributed by atoms with Gasteiger partial charge in [0.15, 0.2) is 1.41 Å². The van der Waals surface area contributed by atoms with Crippen LogP contribution in [0, 0.1) is 19.3 Å². The number of rotatable bonds is 14. The second kappa shape index (κ2) is 14.4. The van der Waals surface area contributed by atoms with Gasteiger partial charge in [0.2, 0.25) is 5.91 Å². The smallest absolute Gasteiger partial charge is 0.326 e. The Kier molecular flexibility index (Phi) is 9.91. The van der Waals surface area contributed by atoms with Crippen molar-refractivity contribution >= 4 is 46.3 Å². The van der Waals surface area contributed by atoms with Crippen LogP contribution < -0.4 is 21.1 Å². The van der Waals surface area contributed by atoms with E-state index in [0.29, 0.717) is 28.8 Å². The van der Waals surface area contributed by atoms with E-state index in [1.54, 1.807) is 19.1 Å². The van der Waals surface area contributed by atoms with Crippen LogP contribution in [0.5, 0.6) is 0 Å². The third-order valence-electron chi connectivity index (χ3n) is 7.70. The van der Waals surface area contributed by atoms with Crippen LogP contribution in [0.4, 0.5) is 5.69 Å². The summed E-state index contributed by atoms with van der Waals surface area (Å²) in [5.41, 5.74) is 3.01. The molecular formula is C32H33N5O9. The Labute approximate surface area is 264 Å². The molecule has 3 atom stereocenters. The van der Waals surface area contributed by atoms with Gasteiger partial charge in [-0.1, -0.05) is 5.92 Å². The van der Waals surface area contributed by atoms with Gasteiger partial charge < -0.3 is 35.8 Å². The molecule has 1 heterocycles. The van der Waals surface area contributed by atoms with Gasteiger partial charge in [-0.3, -0.25) is 19.2 Å². The van der Waals surface area contributed by atoms with Gasteiger partial charge in [0, 0.05) is 24.1 Å². The summed E-state index contributed by atoms with van der Waals surface area (Å²) in [7, 11) is 0. The minimum Gasteiger partial charge on any atom is -0.481 e. The summed E-state index contributed by atoms with van der Waals surface area (Å²) in [4.78, 5) is 81.2. The molecule has 0 fully saturated rings. The number of aryl methyl sites for hydroxylation is 2. The molecule has 0 aliphatic heterocycles. The van der Waals surface area contributed by atoms with Gasteiger partial charge in [-0.15, -0.1) is 6.42 Å². The number of fused-ring (bicyclic) bond motifs is 2. The number of carbonyl (C=O) groups excluding carboxylic acids is 2. The van der Waals surface area contributed by atoms with E-state index < -0.39 is 61.1 Å². The van der Waals surface area contributed by atoms with Crippen LogP contribution in [-0.4, -0.2) is 73.6 Å². The molecule has 1 unspecified atom stereocenters. The van der Waals surface area contributed by atoms with Crippen LogP contribution in [-0.2, 0) is 25.6 Å². The van der Waals surface area contributed by atoms with Crippen molar-refractivity contribution in [1.82, 2.24) is 20.6 Å². The average Bonchev–Trinajstić information content (AvgIpc) is 3.42. The highest BCUT2D eigenvalue weighted by molar-refractivity contribution is 5.97. The Morgan fingerprint density at radius 2 is 1.76 bits per heavy atom. The third-order valence-corrected chi connectivity index (χ3v) is 7.70. The lowest BCUT2D eigenvalue weighted by atomic mass is 10.0. The van der Waals surface area contributed by atoms with Gasteiger partial charge in [-0.2, -0.15) is 0 Å². The normalized spacial score (nSPS) is 15.1. The van der Waals surface area contributed by atoms with Gasteiger partial charge in [0.1, 0.15) is 17.9 Å². The number of nitrogens with one attached hydrogen (secondary N) is 3. The number of nitrogens with zero attached hydrogens (tertiary/aromatic N) is 2. The van der Waals surface area contributed by atoms with Crippen molar-refractivity contribution < 1.29 is 40.7 Å². The van der Waals surface area contributed by atoms with Crippen LogP contribution in [0.15, 0.2) is 41.2 Å². The van der Waals surface area contributed by atoms with E-state index in [-0.39, 0.29) is 35.4 Å². The number of hydrogen-bond donors (Lipinski definition) is 6. The van der Waals surface area contributed by atoms with E-state index in [4.69, 9.17) is 12.9 Å². The molecule has 3 aromatic rings. The number of carboxylic acids is 3. The van der Waals surface area contributed by atoms with Crippen LogP contribution in [0.2, 0.25) is 1.41 Å². The molecule has 1 aliphatic rings. The van der Waals surface area contributed by atoms with Crippen LogP contribution in [0.25, 0.3) is 10.9 Å². The molecule has 1 aromatic heterocycles. The molecule has 0 bridgehead atoms. The third kappa shape index (κ3) is 7.86. The molecule has 2 amide bonds. The molecule has 6 N–H and O–H groups in total. The minimum absolute atomic E-state index is 0.00511. The molecule has 0 spiro atoms. The van der Waals surface area contributed by atoms with E-state index in [0.717, 1.165) is 17.5 Å². The summed E-state index contributed by atoms with van der Waals surface area (Å²) < 4.78 is 8.23. The number of carbonyl (C=O) groups is 5. The Morgan fingerprint density at radius 1 is 1.09 bits per heavy atom. The fourth-order valence-electron chi connectivity index (χ4n) is 5.46. The van der Waals surface area contributed by atoms with E-state index in [9.17, 15) is 39.0 Å². The zero-order valence-corrected chi connectivity index (χ0v) is 24.9. The van der Waals surface area contributed by atoms with Crippen molar-refractivity contribution in [2.75, 3.05) is 11.4 Å². The molecule has 2 aromatic carbocycles. The van der Waals surface area contributed by atoms with Gasteiger partial charge >= 0.3 is 17.9 Å². The Hall–Kier alpha value is -5.71. The maximum atomic E-state index is 13.1. The average molecular weight is 633 g/mol. The van der Waals surface area contributed by atoms with E-state index in [1.165, 1.54) is 12.1 Å². The van der Waals surface area contributed by atoms with E-state index in [2.05, 4.69) is 21.2 Å². The number of hydrogen-bond acceptors (Lipinski definition) is 8. The molecule has 14 heteroatoms. The van der Waals surface area contributed by atoms with Crippen molar-refractivity contribution in [1.29, 1.82) is 0 Å².